The van der Waals surface area contributed by atoms with Gasteiger partial charge in [0, 0.05) is 16.9 Å². The van der Waals surface area contributed by atoms with Crippen LogP contribution in [0.15, 0.2) is 46.9 Å². The number of aliphatic hydroxyl groups is 1. The molecule has 1 amide bonds. The number of hydrogen-bond acceptors (Lipinski definition) is 9. The van der Waals surface area contributed by atoms with Gasteiger partial charge in [0.25, 0.3) is 0 Å². The van der Waals surface area contributed by atoms with E-state index in [1.165, 1.54) is 13.0 Å². The second-order valence-electron chi connectivity index (χ2n) is 6.06. The second kappa shape index (κ2) is 9.81. The molecule has 0 saturated carbocycles. The second-order valence-corrected chi connectivity index (χ2v) is 6.06. The molecule has 30 heavy (non-hydrogen) atoms. The fourth-order valence-electron chi connectivity index (χ4n) is 2.65. The van der Waals surface area contributed by atoms with Crippen LogP contribution in [0.25, 0.3) is 0 Å². The average molecular weight is 418 g/mol. The summed E-state index contributed by atoms with van der Waals surface area (Å²) in [4.78, 5) is 58.2. The first-order chi connectivity index (χ1) is 14.2. The SMILES string of the molecule is CCON(OCC)C(=O)c1cccc(NC(C)=C2C(=O)OC(=O)C(C(C)=O)=C2O)c1. The van der Waals surface area contributed by atoms with E-state index in [1.807, 2.05) is 0 Å². The minimum absolute atomic E-state index is 0.111. The number of hydrogen-bond donors (Lipinski definition) is 2. The van der Waals surface area contributed by atoms with Gasteiger partial charge in [0.2, 0.25) is 0 Å². The zero-order valence-electron chi connectivity index (χ0n) is 17.0. The number of nitrogens with one attached hydrogen (secondary N) is 1. The molecule has 0 unspecified atom stereocenters. The zero-order chi connectivity index (χ0) is 22.4. The number of ketones is 1. The largest absolute Gasteiger partial charge is 0.506 e. The van der Waals surface area contributed by atoms with Gasteiger partial charge in [-0.15, -0.1) is 0 Å². The lowest BCUT2D eigenvalue weighted by Crippen LogP contribution is -2.31. The van der Waals surface area contributed by atoms with Gasteiger partial charge in [0.05, 0.1) is 13.2 Å². The van der Waals surface area contributed by atoms with Gasteiger partial charge >= 0.3 is 17.8 Å². The van der Waals surface area contributed by atoms with Crippen molar-refractivity contribution < 1.29 is 38.7 Å². The third kappa shape index (κ3) is 4.91. The fraction of sp³-hybridized carbons (Fsp3) is 0.300. The number of allylic oxidation sites excluding steroid dienone is 1. The summed E-state index contributed by atoms with van der Waals surface area (Å²) in [5.74, 6) is -4.36. The summed E-state index contributed by atoms with van der Waals surface area (Å²) in [6, 6.07) is 6.21. The Balaban J connectivity index is 2.37. The number of cyclic esters (lactones) is 2. The van der Waals surface area contributed by atoms with Crippen LogP contribution in [0.5, 0.6) is 0 Å². The lowest BCUT2D eigenvalue weighted by molar-refractivity contribution is -0.323. The molecule has 2 rings (SSSR count). The van der Waals surface area contributed by atoms with Gasteiger partial charge in [0.15, 0.2) is 5.78 Å². The number of carbonyl (C=O) groups is 4. The lowest BCUT2D eigenvalue weighted by atomic mass is 10.0. The quantitative estimate of drug-likeness (QED) is 0.214. The van der Waals surface area contributed by atoms with Crippen molar-refractivity contribution in [3.8, 4) is 0 Å². The molecule has 0 atom stereocenters. The lowest BCUT2D eigenvalue weighted by Gasteiger charge is -2.20. The van der Waals surface area contributed by atoms with E-state index >= 15 is 0 Å². The van der Waals surface area contributed by atoms with Crippen LogP contribution in [0.4, 0.5) is 5.69 Å². The van der Waals surface area contributed by atoms with Crippen LogP contribution in [0.3, 0.4) is 0 Å². The number of hydroxylamine groups is 2. The first kappa shape index (κ1) is 22.8. The van der Waals surface area contributed by atoms with Crippen molar-refractivity contribution in [2.45, 2.75) is 27.7 Å². The van der Waals surface area contributed by atoms with Crippen LogP contribution < -0.4 is 5.32 Å². The number of amides is 1. The number of aliphatic hydroxyl groups excluding tert-OH is 1. The molecule has 1 aromatic rings. The van der Waals surface area contributed by atoms with Gasteiger partial charge in [0.1, 0.15) is 16.9 Å². The molecule has 2 N–H and O–H groups in total. The molecule has 1 aliphatic heterocycles. The molecule has 0 spiro atoms. The molecule has 0 radical (unpaired) electrons. The first-order valence-electron chi connectivity index (χ1n) is 9.10. The third-order valence-corrected chi connectivity index (χ3v) is 3.89. The number of carbonyl (C=O) groups excluding carboxylic acids is 4. The van der Waals surface area contributed by atoms with Gasteiger partial charge in [-0.1, -0.05) is 11.3 Å². The summed E-state index contributed by atoms with van der Waals surface area (Å²) in [6.45, 7) is 6.37. The molecular formula is C20H22N2O8. The van der Waals surface area contributed by atoms with Gasteiger partial charge in [-0.25, -0.2) is 19.3 Å². The maximum atomic E-state index is 12.6. The number of rotatable bonds is 8. The van der Waals surface area contributed by atoms with Crippen molar-refractivity contribution in [1.82, 2.24) is 5.23 Å². The normalized spacial score (nSPS) is 15.6. The Hall–Kier alpha value is -3.50. The summed E-state index contributed by atoms with van der Waals surface area (Å²) >= 11 is 0. The average Bonchev–Trinajstić information content (AvgIpc) is 2.66. The molecule has 0 aromatic heterocycles. The Morgan fingerprint density at radius 3 is 2.30 bits per heavy atom. The van der Waals surface area contributed by atoms with Crippen LogP contribution in [0.2, 0.25) is 0 Å². The van der Waals surface area contributed by atoms with E-state index in [0.717, 1.165) is 12.2 Å². The molecule has 0 bridgehead atoms. The summed E-state index contributed by atoms with van der Waals surface area (Å²) in [5.41, 5.74) is -0.244. The van der Waals surface area contributed by atoms with E-state index in [2.05, 4.69) is 10.1 Å². The first-order valence-corrected chi connectivity index (χ1v) is 9.10. The van der Waals surface area contributed by atoms with Crippen LogP contribution >= 0.6 is 0 Å². The topological polar surface area (TPSA) is 131 Å². The highest BCUT2D eigenvalue weighted by Gasteiger charge is 2.36. The highest BCUT2D eigenvalue weighted by atomic mass is 17.0. The molecule has 1 heterocycles. The third-order valence-electron chi connectivity index (χ3n) is 3.89. The molecule has 1 aliphatic rings. The van der Waals surface area contributed by atoms with Gasteiger partial charge in [-0.2, -0.15) is 0 Å². The number of esters is 2. The van der Waals surface area contributed by atoms with Crippen molar-refractivity contribution in [1.29, 1.82) is 0 Å². The van der Waals surface area contributed by atoms with Crippen LogP contribution in [0.1, 0.15) is 38.1 Å². The monoisotopic (exact) mass is 418 g/mol. The van der Waals surface area contributed by atoms with E-state index in [1.54, 1.807) is 32.0 Å². The maximum Gasteiger partial charge on any atom is 0.353 e. The van der Waals surface area contributed by atoms with Crippen molar-refractivity contribution >= 4 is 29.3 Å². The summed E-state index contributed by atoms with van der Waals surface area (Å²) in [5, 5.41) is 13.9. The van der Waals surface area contributed by atoms with Crippen LogP contribution in [0, 0.1) is 0 Å². The van der Waals surface area contributed by atoms with Gasteiger partial charge in [-0.3, -0.25) is 9.59 Å². The number of Topliss-reactive ketones (excluding diaryl/α,β-unsaturated/α-hetero) is 1. The Morgan fingerprint density at radius 2 is 1.73 bits per heavy atom. The highest BCUT2D eigenvalue weighted by molar-refractivity contribution is 6.23. The Labute approximate surface area is 172 Å². The Bertz CT molecular complexity index is 942. The van der Waals surface area contributed by atoms with Crippen molar-refractivity contribution in [3.05, 3.63) is 52.4 Å². The minimum atomic E-state index is -1.21. The molecular weight excluding hydrogens is 396 g/mol. The number of ether oxygens (including phenoxy) is 1. The van der Waals surface area contributed by atoms with E-state index in [9.17, 15) is 24.3 Å². The molecule has 0 saturated heterocycles. The smallest absolute Gasteiger partial charge is 0.353 e. The van der Waals surface area contributed by atoms with Crippen LogP contribution in [-0.2, 0) is 28.8 Å². The predicted octanol–water partition coefficient (Wildman–Crippen LogP) is 2.20. The van der Waals surface area contributed by atoms with E-state index < -0.39 is 35.0 Å². The summed E-state index contributed by atoms with van der Waals surface area (Å²) < 4.78 is 4.54. The fourth-order valence-corrected chi connectivity index (χ4v) is 2.65. The Morgan fingerprint density at radius 1 is 1.10 bits per heavy atom. The molecule has 1 aromatic carbocycles. The standard InChI is InChI=1S/C20H22N2O8/c1-5-28-22(29-6-2)18(25)13-8-7-9-14(10-13)21-11(3)15-17(24)16(12(4)23)20(27)30-19(15)26/h7-10,21,24H,5-6H2,1-4H3. The van der Waals surface area contributed by atoms with E-state index in [4.69, 9.17) is 9.68 Å². The number of nitrogens with zero attached hydrogens (tertiary/aromatic N) is 1. The van der Waals surface area contributed by atoms with Gasteiger partial charge < -0.3 is 15.2 Å². The molecule has 0 fully saturated rings. The highest BCUT2D eigenvalue weighted by Crippen LogP contribution is 2.26. The van der Waals surface area contributed by atoms with Crippen molar-refractivity contribution in [2.24, 2.45) is 0 Å². The molecule has 10 heteroatoms. The zero-order valence-corrected chi connectivity index (χ0v) is 17.0. The maximum absolute atomic E-state index is 12.6. The number of benzene rings is 1. The van der Waals surface area contributed by atoms with E-state index in [-0.39, 0.29) is 30.0 Å². The molecule has 10 nitrogen and oxygen atoms in total. The van der Waals surface area contributed by atoms with E-state index in [0.29, 0.717) is 5.69 Å². The number of anilines is 1. The van der Waals surface area contributed by atoms with Crippen molar-refractivity contribution in [3.63, 3.8) is 0 Å². The predicted molar refractivity (Wildman–Crippen MR) is 104 cm³/mol. The summed E-state index contributed by atoms with van der Waals surface area (Å²) in [6.07, 6.45) is 0. The van der Waals surface area contributed by atoms with Crippen LogP contribution in [-0.4, -0.2) is 47.2 Å². The Kier molecular flexibility index (Phi) is 7.45. The van der Waals surface area contributed by atoms with Gasteiger partial charge in [-0.05, 0) is 45.9 Å². The molecule has 160 valence electrons. The summed E-state index contributed by atoms with van der Waals surface area (Å²) in [7, 11) is 0. The minimum Gasteiger partial charge on any atom is -0.506 e. The van der Waals surface area contributed by atoms with Crippen molar-refractivity contribution in [2.75, 3.05) is 18.5 Å². The molecule has 0 aliphatic carbocycles.